The Bertz CT molecular complexity index is 594. The Morgan fingerprint density at radius 1 is 1.38 bits per heavy atom. The molecular weight excluding hydrogens is 268 g/mol. The van der Waals surface area contributed by atoms with Gasteiger partial charge in [0.05, 0.1) is 31.6 Å². The Morgan fingerprint density at radius 3 is 2.86 bits per heavy atom. The number of aryl methyl sites for hydroxylation is 1. The summed E-state index contributed by atoms with van der Waals surface area (Å²) in [5.41, 5.74) is 1.73. The number of hydrogen-bond donors (Lipinski definition) is 2. The van der Waals surface area contributed by atoms with Gasteiger partial charge in [-0.05, 0) is 43.7 Å². The lowest BCUT2D eigenvalue weighted by molar-refractivity contribution is -0.115. The van der Waals surface area contributed by atoms with E-state index in [-0.39, 0.29) is 18.5 Å². The highest BCUT2D eigenvalue weighted by molar-refractivity contribution is 5.93. The summed E-state index contributed by atoms with van der Waals surface area (Å²) in [5, 5.41) is 5.96. The Kier molecular flexibility index (Phi) is 5.00. The molecule has 0 saturated carbocycles. The second-order valence-corrected chi connectivity index (χ2v) is 4.87. The largest absolute Gasteiger partial charge is 0.495 e. The number of ether oxygens (including phenoxy) is 1. The smallest absolute Gasteiger partial charge is 0.238 e. The summed E-state index contributed by atoms with van der Waals surface area (Å²) in [6.45, 7) is 4.10. The molecule has 2 N–H and O–H groups in total. The van der Waals surface area contributed by atoms with Crippen molar-refractivity contribution in [2.45, 2.75) is 19.9 Å². The number of rotatable bonds is 6. The normalized spacial score (nSPS) is 12.0. The summed E-state index contributed by atoms with van der Waals surface area (Å²) in [5.74, 6) is 1.32. The third-order valence-corrected chi connectivity index (χ3v) is 3.17. The lowest BCUT2D eigenvalue weighted by Gasteiger charge is -2.13. The second-order valence-electron chi connectivity index (χ2n) is 4.87. The Labute approximate surface area is 124 Å². The van der Waals surface area contributed by atoms with Crippen molar-refractivity contribution in [3.05, 3.63) is 47.9 Å². The van der Waals surface area contributed by atoms with E-state index in [0.717, 1.165) is 11.3 Å². The van der Waals surface area contributed by atoms with Gasteiger partial charge in [-0.3, -0.25) is 10.1 Å². The summed E-state index contributed by atoms with van der Waals surface area (Å²) in [6, 6.07) is 9.33. The summed E-state index contributed by atoms with van der Waals surface area (Å²) in [6.07, 6.45) is 1.62. The molecule has 0 aliphatic carbocycles. The Morgan fingerprint density at radius 2 is 2.19 bits per heavy atom. The van der Waals surface area contributed by atoms with Crippen LogP contribution in [0.2, 0.25) is 0 Å². The molecule has 0 spiro atoms. The molecule has 2 aromatic rings. The lowest BCUT2D eigenvalue weighted by atomic mass is 10.2. The molecule has 1 atom stereocenters. The molecule has 0 bridgehead atoms. The van der Waals surface area contributed by atoms with Gasteiger partial charge in [0.1, 0.15) is 11.5 Å². The summed E-state index contributed by atoms with van der Waals surface area (Å²) >= 11 is 0. The van der Waals surface area contributed by atoms with E-state index in [4.69, 9.17) is 9.15 Å². The number of anilines is 1. The van der Waals surface area contributed by atoms with Crippen molar-refractivity contribution >= 4 is 11.6 Å². The average Bonchev–Trinajstić information content (AvgIpc) is 2.99. The zero-order valence-corrected chi connectivity index (χ0v) is 12.5. The summed E-state index contributed by atoms with van der Waals surface area (Å²) in [4.78, 5) is 12.0. The standard InChI is InChI=1S/C16H20N2O3/c1-11-6-7-15(20-3)13(9-11)18-16(19)10-17-12(2)14-5-4-8-21-14/h4-9,12,17H,10H2,1-3H3,(H,18,19)/t12-/m0/s1. The van der Waals surface area contributed by atoms with Gasteiger partial charge in [-0.1, -0.05) is 6.07 Å². The van der Waals surface area contributed by atoms with Crippen LogP contribution in [-0.2, 0) is 4.79 Å². The second kappa shape index (κ2) is 6.95. The molecule has 112 valence electrons. The van der Waals surface area contributed by atoms with E-state index in [1.807, 2.05) is 44.2 Å². The van der Waals surface area contributed by atoms with Crippen molar-refractivity contribution in [3.63, 3.8) is 0 Å². The van der Waals surface area contributed by atoms with Crippen molar-refractivity contribution < 1.29 is 13.9 Å². The van der Waals surface area contributed by atoms with Gasteiger partial charge in [-0.25, -0.2) is 0 Å². The molecule has 1 heterocycles. The average molecular weight is 288 g/mol. The van der Waals surface area contributed by atoms with Crippen LogP contribution in [0.25, 0.3) is 0 Å². The van der Waals surface area contributed by atoms with Crippen LogP contribution in [0.15, 0.2) is 41.0 Å². The number of methoxy groups -OCH3 is 1. The van der Waals surface area contributed by atoms with Crippen LogP contribution in [-0.4, -0.2) is 19.6 Å². The van der Waals surface area contributed by atoms with Gasteiger partial charge in [0.25, 0.3) is 0 Å². The molecule has 5 heteroatoms. The van der Waals surface area contributed by atoms with E-state index in [0.29, 0.717) is 11.4 Å². The fraction of sp³-hybridized carbons (Fsp3) is 0.312. The maximum absolute atomic E-state index is 12.0. The van der Waals surface area contributed by atoms with Gasteiger partial charge in [0, 0.05) is 0 Å². The maximum atomic E-state index is 12.0. The molecule has 1 aromatic heterocycles. The summed E-state index contributed by atoms with van der Waals surface area (Å²) < 4.78 is 10.5. The monoisotopic (exact) mass is 288 g/mol. The third-order valence-electron chi connectivity index (χ3n) is 3.17. The van der Waals surface area contributed by atoms with Gasteiger partial charge in [-0.15, -0.1) is 0 Å². The number of benzene rings is 1. The van der Waals surface area contributed by atoms with Crippen molar-refractivity contribution in [1.82, 2.24) is 5.32 Å². The predicted molar refractivity (Wildman–Crippen MR) is 81.5 cm³/mol. The van der Waals surface area contributed by atoms with Gasteiger partial charge < -0.3 is 14.5 Å². The molecule has 21 heavy (non-hydrogen) atoms. The van der Waals surface area contributed by atoms with Crippen LogP contribution in [0.3, 0.4) is 0 Å². The molecule has 0 fully saturated rings. The first-order valence-corrected chi connectivity index (χ1v) is 6.81. The lowest BCUT2D eigenvalue weighted by Crippen LogP contribution is -2.30. The fourth-order valence-corrected chi connectivity index (χ4v) is 2.00. The molecule has 5 nitrogen and oxygen atoms in total. The van der Waals surface area contributed by atoms with Crippen LogP contribution >= 0.6 is 0 Å². The predicted octanol–water partition coefficient (Wildman–Crippen LogP) is 2.89. The number of amides is 1. The van der Waals surface area contributed by atoms with Crippen LogP contribution < -0.4 is 15.4 Å². The first-order valence-electron chi connectivity index (χ1n) is 6.81. The maximum Gasteiger partial charge on any atom is 0.238 e. The number of carbonyl (C=O) groups is 1. The van der Waals surface area contributed by atoms with Crippen LogP contribution in [0.5, 0.6) is 5.75 Å². The Balaban J connectivity index is 1.91. The molecule has 0 unspecified atom stereocenters. The number of nitrogens with one attached hydrogen (secondary N) is 2. The molecule has 1 amide bonds. The number of carbonyl (C=O) groups excluding carboxylic acids is 1. The van der Waals surface area contributed by atoms with Crippen molar-refractivity contribution in [1.29, 1.82) is 0 Å². The van der Waals surface area contributed by atoms with Gasteiger partial charge in [0.2, 0.25) is 5.91 Å². The molecular formula is C16H20N2O3. The SMILES string of the molecule is COc1ccc(C)cc1NC(=O)CN[C@@H](C)c1ccco1. The summed E-state index contributed by atoms with van der Waals surface area (Å²) in [7, 11) is 1.58. The highest BCUT2D eigenvalue weighted by Gasteiger charge is 2.11. The zero-order valence-electron chi connectivity index (χ0n) is 12.5. The highest BCUT2D eigenvalue weighted by atomic mass is 16.5. The number of furan rings is 1. The fourth-order valence-electron chi connectivity index (χ4n) is 2.00. The van der Waals surface area contributed by atoms with Crippen molar-refractivity contribution in [2.75, 3.05) is 19.0 Å². The van der Waals surface area contributed by atoms with E-state index in [2.05, 4.69) is 10.6 Å². The van der Waals surface area contributed by atoms with E-state index < -0.39 is 0 Å². The highest BCUT2D eigenvalue weighted by Crippen LogP contribution is 2.25. The van der Waals surface area contributed by atoms with Crippen molar-refractivity contribution in [3.8, 4) is 5.75 Å². The molecule has 0 aliphatic heterocycles. The molecule has 0 radical (unpaired) electrons. The minimum Gasteiger partial charge on any atom is -0.495 e. The third kappa shape index (κ3) is 4.10. The van der Waals surface area contributed by atoms with E-state index in [1.54, 1.807) is 13.4 Å². The Hall–Kier alpha value is -2.27. The van der Waals surface area contributed by atoms with E-state index in [1.165, 1.54) is 0 Å². The van der Waals surface area contributed by atoms with Gasteiger partial charge in [0.15, 0.2) is 0 Å². The molecule has 1 aromatic carbocycles. The van der Waals surface area contributed by atoms with Crippen molar-refractivity contribution in [2.24, 2.45) is 0 Å². The van der Waals surface area contributed by atoms with Crippen LogP contribution in [0.4, 0.5) is 5.69 Å². The quantitative estimate of drug-likeness (QED) is 0.858. The van der Waals surface area contributed by atoms with E-state index >= 15 is 0 Å². The topological polar surface area (TPSA) is 63.5 Å². The van der Waals surface area contributed by atoms with Crippen LogP contribution in [0.1, 0.15) is 24.3 Å². The first-order chi connectivity index (χ1) is 10.1. The van der Waals surface area contributed by atoms with Gasteiger partial charge in [-0.2, -0.15) is 0 Å². The minimum atomic E-state index is -0.127. The molecule has 0 aliphatic rings. The van der Waals surface area contributed by atoms with Crippen LogP contribution in [0, 0.1) is 6.92 Å². The molecule has 0 saturated heterocycles. The first kappa shape index (κ1) is 15.1. The molecule has 2 rings (SSSR count). The zero-order chi connectivity index (χ0) is 15.2. The number of hydrogen-bond acceptors (Lipinski definition) is 4. The van der Waals surface area contributed by atoms with E-state index in [9.17, 15) is 4.79 Å². The minimum absolute atomic E-state index is 0.0230. The van der Waals surface area contributed by atoms with Gasteiger partial charge >= 0.3 is 0 Å².